The van der Waals surface area contributed by atoms with E-state index in [1.54, 1.807) is 0 Å². The summed E-state index contributed by atoms with van der Waals surface area (Å²) in [6, 6.07) is 20.7. The fourth-order valence-corrected chi connectivity index (χ4v) is 3.30. The van der Waals surface area contributed by atoms with Gasteiger partial charge in [-0.25, -0.2) is 4.98 Å². The molecule has 4 rings (SSSR count). The minimum atomic E-state index is 0.635. The van der Waals surface area contributed by atoms with Gasteiger partial charge in [-0.15, -0.1) is 0 Å². The summed E-state index contributed by atoms with van der Waals surface area (Å²) in [5, 5.41) is 3.38. The van der Waals surface area contributed by atoms with Gasteiger partial charge in [0.2, 0.25) is 5.95 Å². The second-order valence-electron chi connectivity index (χ2n) is 7.09. The van der Waals surface area contributed by atoms with Crippen molar-refractivity contribution >= 4 is 17.5 Å². The molecule has 3 aromatic rings. The van der Waals surface area contributed by atoms with Crippen molar-refractivity contribution < 1.29 is 0 Å². The fourth-order valence-electron chi connectivity index (χ4n) is 3.30. The van der Waals surface area contributed by atoms with Crippen LogP contribution in [0.2, 0.25) is 0 Å². The Morgan fingerprint density at radius 1 is 0.852 bits per heavy atom. The maximum absolute atomic E-state index is 4.82. The Bertz CT molecular complexity index is 902. The monoisotopic (exact) mass is 359 g/mol. The Morgan fingerprint density at radius 2 is 1.63 bits per heavy atom. The van der Waals surface area contributed by atoms with E-state index in [-0.39, 0.29) is 0 Å². The number of nitrogens with zero attached hydrogens (tertiary/aromatic N) is 4. The van der Waals surface area contributed by atoms with Crippen molar-refractivity contribution in [3.63, 3.8) is 0 Å². The average Bonchev–Trinajstić information content (AvgIpc) is 2.69. The molecule has 0 spiro atoms. The van der Waals surface area contributed by atoms with Crippen molar-refractivity contribution in [2.45, 2.75) is 6.92 Å². The average molecular weight is 359 g/mol. The van der Waals surface area contributed by atoms with E-state index in [1.807, 2.05) is 30.3 Å². The molecule has 2 aromatic carbocycles. The number of benzene rings is 2. The summed E-state index contributed by atoms with van der Waals surface area (Å²) >= 11 is 0. The van der Waals surface area contributed by atoms with Crippen LogP contribution in [0, 0.1) is 6.92 Å². The van der Waals surface area contributed by atoms with E-state index >= 15 is 0 Å². The number of anilines is 3. The third-order valence-corrected chi connectivity index (χ3v) is 4.88. The highest BCUT2D eigenvalue weighted by atomic mass is 15.3. The van der Waals surface area contributed by atoms with E-state index in [1.165, 1.54) is 5.56 Å². The molecule has 5 nitrogen and oxygen atoms in total. The van der Waals surface area contributed by atoms with E-state index in [0.29, 0.717) is 5.95 Å². The van der Waals surface area contributed by atoms with Crippen LogP contribution >= 0.6 is 0 Å². The van der Waals surface area contributed by atoms with Crippen LogP contribution in [0.4, 0.5) is 17.5 Å². The van der Waals surface area contributed by atoms with Gasteiger partial charge in [0.1, 0.15) is 5.82 Å². The highest BCUT2D eigenvalue weighted by molar-refractivity contribution is 5.66. The smallest absolute Gasteiger partial charge is 0.229 e. The second-order valence-corrected chi connectivity index (χ2v) is 7.09. The molecule has 1 saturated heterocycles. The standard InChI is InChI=1S/C22H25N5/c1-17-7-6-10-19(15-17)23-22-24-20(18-8-4-3-5-9-18)16-21(25-22)27-13-11-26(2)12-14-27/h3-10,15-16H,11-14H2,1-2H3,(H,23,24,25). The van der Waals surface area contributed by atoms with Crippen LogP contribution < -0.4 is 10.2 Å². The zero-order valence-corrected chi connectivity index (χ0v) is 15.9. The van der Waals surface area contributed by atoms with Crippen molar-refractivity contribution in [2.24, 2.45) is 0 Å². The molecule has 1 aliphatic rings. The molecule has 27 heavy (non-hydrogen) atoms. The quantitative estimate of drug-likeness (QED) is 0.764. The predicted octanol–water partition coefficient (Wildman–Crippen LogP) is 3.95. The van der Waals surface area contributed by atoms with Gasteiger partial charge in [-0.05, 0) is 31.7 Å². The van der Waals surface area contributed by atoms with Gasteiger partial charge in [0, 0.05) is 43.5 Å². The van der Waals surface area contributed by atoms with Crippen LogP contribution in [-0.4, -0.2) is 48.1 Å². The van der Waals surface area contributed by atoms with Gasteiger partial charge in [-0.1, -0.05) is 42.5 Å². The number of hydrogen-bond donors (Lipinski definition) is 1. The summed E-state index contributed by atoms with van der Waals surface area (Å²) in [5.74, 6) is 1.61. The first-order chi connectivity index (χ1) is 13.2. The molecule has 5 heteroatoms. The van der Waals surface area contributed by atoms with Crippen LogP contribution in [-0.2, 0) is 0 Å². The van der Waals surface area contributed by atoms with Crippen molar-refractivity contribution in [1.82, 2.24) is 14.9 Å². The molecule has 2 heterocycles. The topological polar surface area (TPSA) is 44.3 Å². The largest absolute Gasteiger partial charge is 0.354 e. The Morgan fingerprint density at radius 3 is 2.37 bits per heavy atom. The molecule has 0 atom stereocenters. The summed E-state index contributed by atoms with van der Waals surface area (Å²) in [7, 11) is 2.16. The van der Waals surface area contributed by atoms with Gasteiger partial charge in [0.25, 0.3) is 0 Å². The van der Waals surface area contributed by atoms with Gasteiger partial charge in [-0.2, -0.15) is 4.98 Å². The lowest BCUT2D eigenvalue weighted by molar-refractivity contribution is 0.312. The maximum Gasteiger partial charge on any atom is 0.229 e. The van der Waals surface area contributed by atoms with Gasteiger partial charge in [0.05, 0.1) is 5.69 Å². The molecule has 0 saturated carbocycles. The number of rotatable bonds is 4. The lowest BCUT2D eigenvalue weighted by Gasteiger charge is -2.33. The van der Waals surface area contributed by atoms with Crippen LogP contribution in [0.3, 0.4) is 0 Å². The predicted molar refractivity (Wildman–Crippen MR) is 112 cm³/mol. The fraction of sp³-hybridized carbons (Fsp3) is 0.273. The highest BCUT2D eigenvalue weighted by Gasteiger charge is 2.17. The minimum Gasteiger partial charge on any atom is -0.354 e. The molecule has 0 amide bonds. The van der Waals surface area contributed by atoms with Crippen molar-refractivity contribution in [2.75, 3.05) is 43.4 Å². The van der Waals surface area contributed by atoms with Crippen molar-refractivity contribution in [3.05, 3.63) is 66.2 Å². The number of aryl methyl sites for hydroxylation is 1. The van der Waals surface area contributed by atoms with Gasteiger partial charge < -0.3 is 15.1 Å². The summed E-state index contributed by atoms with van der Waals surface area (Å²) in [5.41, 5.74) is 4.25. The van der Waals surface area contributed by atoms with Crippen molar-refractivity contribution in [3.8, 4) is 11.3 Å². The van der Waals surface area contributed by atoms with Crippen LogP contribution in [0.1, 0.15) is 5.56 Å². The molecule has 0 bridgehead atoms. The molecule has 138 valence electrons. The molecule has 1 fully saturated rings. The third kappa shape index (κ3) is 4.26. The number of piperazine rings is 1. The summed E-state index contributed by atoms with van der Waals surface area (Å²) in [4.78, 5) is 14.3. The van der Waals surface area contributed by atoms with E-state index < -0.39 is 0 Å². The van der Waals surface area contributed by atoms with Crippen molar-refractivity contribution in [1.29, 1.82) is 0 Å². The Balaban J connectivity index is 1.70. The van der Waals surface area contributed by atoms with E-state index in [9.17, 15) is 0 Å². The zero-order valence-electron chi connectivity index (χ0n) is 15.9. The van der Waals surface area contributed by atoms with E-state index in [2.05, 4.69) is 59.4 Å². The number of nitrogens with one attached hydrogen (secondary N) is 1. The molecule has 0 aliphatic carbocycles. The molecule has 1 aliphatic heterocycles. The van der Waals surface area contributed by atoms with Crippen LogP contribution in [0.25, 0.3) is 11.3 Å². The summed E-state index contributed by atoms with van der Waals surface area (Å²) < 4.78 is 0. The third-order valence-electron chi connectivity index (χ3n) is 4.88. The maximum atomic E-state index is 4.82. The van der Waals surface area contributed by atoms with Gasteiger partial charge in [0.15, 0.2) is 0 Å². The number of likely N-dealkylation sites (N-methyl/N-ethyl adjacent to an activating group) is 1. The zero-order chi connectivity index (χ0) is 18.6. The first-order valence-electron chi connectivity index (χ1n) is 9.39. The second kappa shape index (κ2) is 7.76. The Hall–Kier alpha value is -2.92. The number of aromatic nitrogens is 2. The normalized spacial score (nSPS) is 15.0. The molecule has 1 aromatic heterocycles. The van der Waals surface area contributed by atoms with Gasteiger partial charge >= 0.3 is 0 Å². The van der Waals surface area contributed by atoms with E-state index in [4.69, 9.17) is 9.97 Å². The molecular weight excluding hydrogens is 334 g/mol. The first-order valence-corrected chi connectivity index (χ1v) is 9.39. The lowest BCUT2D eigenvalue weighted by Crippen LogP contribution is -2.44. The SMILES string of the molecule is Cc1cccc(Nc2nc(-c3ccccc3)cc(N3CCN(C)CC3)n2)c1. The van der Waals surface area contributed by atoms with Crippen LogP contribution in [0.5, 0.6) is 0 Å². The molecular formula is C22H25N5. The minimum absolute atomic E-state index is 0.635. The number of hydrogen-bond acceptors (Lipinski definition) is 5. The van der Waals surface area contributed by atoms with Crippen LogP contribution in [0.15, 0.2) is 60.7 Å². The van der Waals surface area contributed by atoms with Gasteiger partial charge in [-0.3, -0.25) is 0 Å². The molecule has 0 unspecified atom stereocenters. The first kappa shape index (κ1) is 17.5. The molecule has 0 radical (unpaired) electrons. The van der Waals surface area contributed by atoms with E-state index in [0.717, 1.165) is 48.9 Å². The molecule has 1 N–H and O–H groups in total. The summed E-state index contributed by atoms with van der Waals surface area (Å²) in [6.07, 6.45) is 0. The Labute approximate surface area is 160 Å². The Kier molecular flexibility index (Phi) is 5.03. The summed E-state index contributed by atoms with van der Waals surface area (Å²) in [6.45, 7) is 6.13. The highest BCUT2D eigenvalue weighted by Crippen LogP contribution is 2.25. The lowest BCUT2D eigenvalue weighted by atomic mass is 10.1.